The highest BCUT2D eigenvalue weighted by Gasteiger charge is 2.15. The summed E-state index contributed by atoms with van der Waals surface area (Å²) in [4.78, 5) is 8.83. The van der Waals surface area contributed by atoms with E-state index in [1.165, 1.54) is 0 Å². The Labute approximate surface area is 164 Å². The van der Waals surface area contributed by atoms with Crippen LogP contribution in [0.3, 0.4) is 0 Å². The average Bonchev–Trinajstić information content (AvgIpc) is 3.29. The van der Waals surface area contributed by atoms with Crippen molar-refractivity contribution in [3.05, 3.63) is 64.8 Å². The molecule has 0 atom stereocenters. The van der Waals surface area contributed by atoms with Gasteiger partial charge in [0.15, 0.2) is 11.0 Å². The van der Waals surface area contributed by atoms with E-state index in [9.17, 15) is 0 Å². The number of benzene rings is 1. The summed E-state index contributed by atoms with van der Waals surface area (Å²) >= 11 is 9.40. The van der Waals surface area contributed by atoms with Crippen LogP contribution in [0.15, 0.2) is 59.3 Å². The third-order valence-electron chi connectivity index (χ3n) is 3.79. The zero-order valence-corrected chi connectivity index (χ0v) is 16.2. The van der Waals surface area contributed by atoms with Gasteiger partial charge in [-0.25, -0.2) is 4.98 Å². The van der Waals surface area contributed by atoms with Crippen molar-refractivity contribution in [2.24, 2.45) is 7.05 Å². The molecule has 0 N–H and O–H groups in total. The number of aromatic nitrogens is 5. The predicted molar refractivity (Wildman–Crippen MR) is 106 cm³/mol. The van der Waals surface area contributed by atoms with Gasteiger partial charge in [-0.1, -0.05) is 41.6 Å². The molecule has 3 heterocycles. The quantitative estimate of drug-likeness (QED) is 0.444. The Balaban J connectivity index is 1.54. The molecule has 3 aromatic heterocycles. The smallest absolute Gasteiger partial charge is 0.191 e. The first-order chi connectivity index (χ1) is 12.7. The van der Waals surface area contributed by atoms with Crippen molar-refractivity contribution >= 4 is 34.7 Å². The molecule has 130 valence electrons. The summed E-state index contributed by atoms with van der Waals surface area (Å²) in [5.41, 5.74) is 2.89. The number of halogens is 1. The van der Waals surface area contributed by atoms with Crippen molar-refractivity contribution < 1.29 is 0 Å². The summed E-state index contributed by atoms with van der Waals surface area (Å²) in [6.07, 6.45) is 3.56. The molecule has 0 radical (unpaired) electrons. The van der Waals surface area contributed by atoms with Crippen LogP contribution in [0.25, 0.3) is 22.1 Å². The SMILES string of the molecule is Cn1c(SCc2ccccc2Cl)nnc1-c1csc(-c2cccnc2)n1. The normalized spacial score (nSPS) is 11.0. The van der Waals surface area contributed by atoms with Crippen molar-refractivity contribution in [1.29, 1.82) is 0 Å². The molecule has 0 unspecified atom stereocenters. The number of thiazole rings is 1. The fourth-order valence-corrected chi connectivity index (χ4v) is 4.41. The zero-order valence-electron chi connectivity index (χ0n) is 13.8. The summed E-state index contributed by atoms with van der Waals surface area (Å²) in [6.45, 7) is 0. The topological polar surface area (TPSA) is 56.5 Å². The lowest BCUT2D eigenvalue weighted by atomic mass is 10.2. The molecule has 4 aromatic rings. The van der Waals surface area contributed by atoms with Crippen LogP contribution < -0.4 is 0 Å². The maximum absolute atomic E-state index is 6.22. The van der Waals surface area contributed by atoms with E-state index in [2.05, 4.69) is 20.2 Å². The van der Waals surface area contributed by atoms with Crippen LogP contribution in [0.1, 0.15) is 5.56 Å². The van der Waals surface area contributed by atoms with Gasteiger partial charge in [-0.2, -0.15) is 0 Å². The van der Waals surface area contributed by atoms with Crippen LogP contribution in [0.4, 0.5) is 0 Å². The number of nitrogens with zero attached hydrogens (tertiary/aromatic N) is 5. The Morgan fingerprint density at radius 1 is 1.15 bits per heavy atom. The Morgan fingerprint density at radius 3 is 2.85 bits per heavy atom. The van der Waals surface area contributed by atoms with Crippen molar-refractivity contribution in [1.82, 2.24) is 24.7 Å². The molecule has 0 saturated heterocycles. The Hall–Kier alpha value is -2.22. The van der Waals surface area contributed by atoms with Gasteiger partial charge in [0.2, 0.25) is 0 Å². The molecule has 26 heavy (non-hydrogen) atoms. The van der Waals surface area contributed by atoms with E-state index in [1.54, 1.807) is 29.3 Å². The number of rotatable bonds is 5. The molecule has 8 heteroatoms. The van der Waals surface area contributed by atoms with Gasteiger partial charge in [0.05, 0.1) is 0 Å². The molecule has 0 aliphatic heterocycles. The molecule has 0 saturated carbocycles. The third-order valence-corrected chi connectivity index (χ3v) is 6.12. The van der Waals surface area contributed by atoms with E-state index in [0.717, 1.165) is 43.6 Å². The molecule has 0 fully saturated rings. The number of pyridine rings is 1. The van der Waals surface area contributed by atoms with E-state index in [-0.39, 0.29) is 0 Å². The maximum Gasteiger partial charge on any atom is 0.191 e. The Kier molecular flexibility index (Phi) is 5.01. The summed E-state index contributed by atoms with van der Waals surface area (Å²) in [5, 5.41) is 13.1. The number of hydrogen-bond acceptors (Lipinski definition) is 6. The van der Waals surface area contributed by atoms with Gasteiger partial charge in [-0.05, 0) is 23.8 Å². The minimum atomic E-state index is 0.740. The highest BCUT2D eigenvalue weighted by Crippen LogP contribution is 2.30. The highest BCUT2D eigenvalue weighted by atomic mass is 35.5. The van der Waals surface area contributed by atoms with Crippen LogP contribution in [0.2, 0.25) is 5.02 Å². The van der Waals surface area contributed by atoms with Crippen molar-refractivity contribution in [3.8, 4) is 22.1 Å². The molecule has 4 rings (SSSR count). The molecule has 0 aliphatic rings. The first-order valence-electron chi connectivity index (χ1n) is 7.84. The van der Waals surface area contributed by atoms with Gasteiger partial charge in [0.25, 0.3) is 0 Å². The highest BCUT2D eigenvalue weighted by molar-refractivity contribution is 7.98. The third kappa shape index (κ3) is 3.51. The van der Waals surface area contributed by atoms with E-state index < -0.39 is 0 Å². The molecule has 0 amide bonds. The first-order valence-corrected chi connectivity index (χ1v) is 10.1. The second-order valence-corrected chi connectivity index (χ2v) is 7.73. The van der Waals surface area contributed by atoms with Gasteiger partial charge in [0.1, 0.15) is 10.7 Å². The van der Waals surface area contributed by atoms with Gasteiger partial charge >= 0.3 is 0 Å². The van der Waals surface area contributed by atoms with Crippen molar-refractivity contribution in [2.45, 2.75) is 10.9 Å². The lowest BCUT2D eigenvalue weighted by Gasteiger charge is -2.04. The molecule has 0 aliphatic carbocycles. The van der Waals surface area contributed by atoms with Gasteiger partial charge in [-0.15, -0.1) is 21.5 Å². The predicted octanol–water partition coefficient (Wildman–Crippen LogP) is 4.95. The lowest BCUT2D eigenvalue weighted by Crippen LogP contribution is -1.95. The minimum Gasteiger partial charge on any atom is -0.304 e. The van der Waals surface area contributed by atoms with Gasteiger partial charge < -0.3 is 4.57 Å². The minimum absolute atomic E-state index is 0.740. The van der Waals surface area contributed by atoms with Gasteiger partial charge in [-0.3, -0.25) is 4.98 Å². The van der Waals surface area contributed by atoms with Crippen molar-refractivity contribution in [2.75, 3.05) is 0 Å². The molecule has 0 bridgehead atoms. The molecular weight excluding hydrogens is 386 g/mol. The summed E-state index contributed by atoms with van der Waals surface area (Å²) in [6, 6.07) is 11.7. The van der Waals surface area contributed by atoms with Crippen LogP contribution >= 0.6 is 34.7 Å². The summed E-state index contributed by atoms with van der Waals surface area (Å²) < 4.78 is 1.96. The maximum atomic E-state index is 6.22. The second-order valence-electron chi connectivity index (χ2n) is 5.52. The second kappa shape index (κ2) is 7.57. The monoisotopic (exact) mass is 399 g/mol. The van der Waals surface area contributed by atoms with Crippen molar-refractivity contribution in [3.63, 3.8) is 0 Å². The largest absolute Gasteiger partial charge is 0.304 e. The fourth-order valence-electron chi connectivity index (χ4n) is 2.42. The van der Waals surface area contributed by atoms with Gasteiger partial charge in [0, 0.05) is 41.2 Å². The summed E-state index contributed by atoms with van der Waals surface area (Å²) in [7, 11) is 1.95. The first kappa shape index (κ1) is 17.2. The van der Waals surface area contributed by atoms with Crippen LogP contribution in [-0.2, 0) is 12.8 Å². The van der Waals surface area contributed by atoms with E-state index in [4.69, 9.17) is 11.6 Å². The fraction of sp³-hybridized carbons (Fsp3) is 0.111. The van der Waals surface area contributed by atoms with Crippen LogP contribution in [-0.4, -0.2) is 24.7 Å². The van der Waals surface area contributed by atoms with E-state index in [1.807, 2.05) is 59.6 Å². The van der Waals surface area contributed by atoms with E-state index >= 15 is 0 Å². The Bertz CT molecular complexity index is 1030. The van der Waals surface area contributed by atoms with E-state index in [0.29, 0.717) is 0 Å². The molecular formula is C18H14ClN5S2. The lowest BCUT2D eigenvalue weighted by molar-refractivity contribution is 0.792. The molecule has 1 aromatic carbocycles. The zero-order chi connectivity index (χ0) is 17.9. The van der Waals surface area contributed by atoms with Crippen LogP contribution in [0.5, 0.6) is 0 Å². The summed E-state index contributed by atoms with van der Waals surface area (Å²) in [5.74, 6) is 1.49. The molecule has 5 nitrogen and oxygen atoms in total. The van der Waals surface area contributed by atoms with Crippen LogP contribution in [0, 0.1) is 0 Å². The number of thioether (sulfide) groups is 1. The standard InChI is InChI=1S/C18H14ClN5S2/c1-24-16(15-11-25-17(21-15)12-6-4-8-20-9-12)22-23-18(24)26-10-13-5-2-3-7-14(13)19/h2-9,11H,10H2,1H3. The Morgan fingerprint density at radius 2 is 2.04 bits per heavy atom. The number of hydrogen-bond donors (Lipinski definition) is 0. The molecule has 0 spiro atoms. The average molecular weight is 400 g/mol.